The number of ether oxygens (including phenoxy) is 2. The minimum absolute atomic E-state index is 0.368. The van der Waals surface area contributed by atoms with Crippen LogP contribution in [0.3, 0.4) is 0 Å². The van der Waals surface area contributed by atoms with Crippen molar-refractivity contribution in [3.05, 3.63) is 46.6 Å². The number of fused-ring (bicyclic) bond motifs is 1. The molecule has 0 fully saturated rings. The number of anilines is 2. The van der Waals surface area contributed by atoms with Gasteiger partial charge in [0.25, 0.3) is 0 Å². The Morgan fingerprint density at radius 2 is 2.04 bits per heavy atom. The molecule has 0 amide bonds. The van der Waals surface area contributed by atoms with Gasteiger partial charge in [-0.3, -0.25) is 0 Å². The van der Waals surface area contributed by atoms with Crippen LogP contribution in [0.15, 0.2) is 30.6 Å². The van der Waals surface area contributed by atoms with Crippen molar-refractivity contribution >= 4 is 45.0 Å². The molecular weight excluding hydrogens is 366 g/mol. The van der Waals surface area contributed by atoms with E-state index in [1.165, 1.54) is 24.8 Å². The number of benzene rings is 1. The lowest BCUT2D eigenvalue weighted by Gasteiger charge is -2.09. The van der Waals surface area contributed by atoms with Crippen LogP contribution in [0.25, 0.3) is 10.2 Å². The van der Waals surface area contributed by atoms with E-state index in [1.807, 2.05) is 19.9 Å². The van der Waals surface area contributed by atoms with Gasteiger partial charge in [0.1, 0.15) is 21.9 Å². The number of esters is 2. The van der Waals surface area contributed by atoms with Gasteiger partial charge in [-0.25, -0.2) is 19.6 Å². The van der Waals surface area contributed by atoms with Crippen molar-refractivity contribution in [3.63, 3.8) is 0 Å². The van der Waals surface area contributed by atoms with Gasteiger partial charge < -0.3 is 14.8 Å². The Morgan fingerprint density at radius 1 is 1.22 bits per heavy atom. The summed E-state index contributed by atoms with van der Waals surface area (Å²) in [6.07, 6.45) is 2.20. The topological polar surface area (TPSA) is 90.4 Å². The maximum absolute atomic E-state index is 12.1. The van der Waals surface area contributed by atoms with Gasteiger partial charge in [-0.05, 0) is 37.1 Å². The van der Waals surface area contributed by atoms with Gasteiger partial charge in [-0.1, -0.05) is 13.0 Å². The number of carbonyl (C=O) groups is 2. The SMILES string of the molecule is CCCOC(=O)c1cccc(Nc2ncnc3sc(C(=O)OC)c(C)c23)c1. The maximum atomic E-state index is 12.1. The fraction of sp³-hybridized carbons (Fsp3) is 0.263. The molecule has 0 saturated carbocycles. The number of methoxy groups -OCH3 is 1. The van der Waals surface area contributed by atoms with E-state index in [-0.39, 0.29) is 5.97 Å². The van der Waals surface area contributed by atoms with Gasteiger partial charge in [0.15, 0.2) is 0 Å². The molecule has 0 atom stereocenters. The summed E-state index contributed by atoms with van der Waals surface area (Å²) in [6.45, 7) is 4.16. The van der Waals surface area contributed by atoms with Gasteiger partial charge in [0.2, 0.25) is 0 Å². The average molecular weight is 385 g/mol. The van der Waals surface area contributed by atoms with E-state index in [1.54, 1.807) is 18.2 Å². The molecule has 0 unspecified atom stereocenters. The van der Waals surface area contributed by atoms with Crippen LogP contribution in [-0.2, 0) is 9.47 Å². The molecule has 0 spiro atoms. The standard InChI is InChI=1S/C19H19N3O4S/c1-4-8-26-18(23)12-6-5-7-13(9-12)22-16-14-11(2)15(19(24)25-3)27-17(14)21-10-20-16/h5-7,9-10H,4,8H2,1-3H3,(H,20,21,22). The molecule has 2 heterocycles. The Morgan fingerprint density at radius 3 is 2.78 bits per heavy atom. The predicted octanol–water partition coefficient (Wildman–Crippen LogP) is 4.10. The van der Waals surface area contributed by atoms with Crippen molar-refractivity contribution in [1.82, 2.24) is 9.97 Å². The van der Waals surface area contributed by atoms with Crippen molar-refractivity contribution < 1.29 is 19.1 Å². The van der Waals surface area contributed by atoms with Gasteiger partial charge in [-0.15, -0.1) is 11.3 Å². The zero-order chi connectivity index (χ0) is 19.4. The second-order valence-corrected chi connectivity index (χ2v) is 6.79. The normalized spacial score (nSPS) is 10.6. The number of hydrogen-bond donors (Lipinski definition) is 1. The number of aromatic nitrogens is 2. The number of nitrogens with one attached hydrogen (secondary N) is 1. The molecule has 0 radical (unpaired) electrons. The number of nitrogens with zero attached hydrogens (tertiary/aromatic N) is 2. The molecular formula is C19H19N3O4S. The van der Waals surface area contributed by atoms with E-state index in [2.05, 4.69) is 15.3 Å². The summed E-state index contributed by atoms with van der Waals surface area (Å²) in [6, 6.07) is 7.00. The second-order valence-electron chi connectivity index (χ2n) is 5.79. The minimum atomic E-state index is -0.401. The van der Waals surface area contributed by atoms with E-state index in [4.69, 9.17) is 9.47 Å². The molecule has 3 aromatic rings. The summed E-state index contributed by atoms with van der Waals surface area (Å²) in [5, 5.41) is 3.96. The predicted molar refractivity (Wildman–Crippen MR) is 104 cm³/mol. The highest BCUT2D eigenvalue weighted by atomic mass is 32.1. The number of thiophene rings is 1. The quantitative estimate of drug-likeness (QED) is 0.639. The summed E-state index contributed by atoms with van der Waals surface area (Å²) in [4.78, 5) is 33.7. The minimum Gasteiger partial charge on any atom is -0.465 e. The van der Waals surface area contributed by atoms with Crippen LogP contribution >= 0.6 is 11.3 Å². The number of carbonyl (C=O) groups excluding carboxylic acids is 2. The molecule has 0 aliphatic carbocycles. The fourth-order valence-corrected chi connectivity index (χ4v) is 3.66. The van der Waals surface area contributed by atoms with Crippen LogP contribution in [0.5, 0.6) is 0 Å². The lowest BCUT2D eigenvalue weighted by molar-refractivity contribution is 0.0504. The van der Waals surface area contributed by atoms with Gasteiger partial charge in [0, 0.05) is 5.69 Å². The summed E-state index contributed by atoms with van der Waals surface area (Å²) in [5.41, 5.74) is 1.89. The summed E-state index contributed by atoms with van der Waals surface area (Å²) in [5.74, 6) is -0.210. The molecule has 27 heavy (non-hydrogen) atoms. The third-order valence-electron chi connectivity index (χ3n) is 3.90. The van der Waals surface area contributed by atoms with E-state index in [0.717, 1.165) is 17.4 Å². The number of rotatable bonds is 6. The Labute approximate surface area is 160 Å². The third kappa shape index (κ3) is 3.90. The largest absolute Gasteiger partial charge is 0.465 e. The molecule has 0 bridgehead atoms. The lowest BCUT2D eigenvalue weighted by Crippen LogP contribution is -2.06. The van der Waals surface area contributed by atoms with Crippen LogP contribution in [0.2, 0.25) is 0 Å². The van der Waals surface area contributed by atoms with Crippen molar-refractivity contribution in [2.24, 2.45) is 0 Å². The van der Waals surface area contributed by atoms with E-state index in [0.29, 0.717) is 33.4 Å². The Hall–Kier alpha value is -3.00. The Bertz CT molecular complexity index is 1000. The van der Waals surface area contributed by atoms with Crippen LogP contribution in [0.4, 0.5) is 11.5 Å². The third-order valence-corrected chi connectivity index (χ3v) is 5.08. The first-order chi connectivity index (χ1) is 13.0. The van der Waals surface area contributed by atoms with Crippen LogP contribution in [-0.4, -0.2) is 35.6 Å². The molecule has 2 aromatic heterocycles. The molecule has 1 N–H and O–H groups in total. The monoisotopic (exact) mass is 385 g/mol. The van der Waals surface area contributed by atoms with Crippen LogP contribution in [0, 0.1) is 6.92 Å². The summed E-state index contributed by atoms with van der Waals surface area (Å²) >= 11 is 1.26. The highest BCUT2D eigenvalue weighted by Gasteiger charge is 2.20. The van der Waals surface area contributed by atoms with Crippen molar-refractivity contribution in [1.29, 1.82) is 0 Å². The molecule has 0 aliphatic rings. The molecule has 7 nitrogen and oxygen atoms in total. The number of aryl methyl sites for hydroxylation is 1. The van der Waals surface area contributed by atoms with Gasteiger partial charge in [-0.2, -0.15) is 0 Å². The first-order valence-corrected chi connectivity index (χ1v) is 9.23. The van der Waals surface area contributed by atoms with Crippen LogP contribution < -0.4 is 5.32 Å². The van der Waals surface area contributed by atoms with Crippen molar-refractivity contribution in [2.75, 3.05) is 19.0 Å². The smallest absolute Gasteiger partial charge is 0.348 e. The Kier molecular flexibility index (Phi) is 5.66. The molecule has 3 rings (SSSR count). The van der Waals surface area contributed by atoms with Crippen molar-refractivity contribution in [3.8, 4) is 0 Å². The fourth-order valence-electron chi connectivity index (χ4n) is 2.59. The highest BCUT2D eigenvalue weighted by molar-refractivity contribution is 7.20. The molecule has 0 aliphatic heterocycles. The molecule has 8 heteroatoms. The summed E-state index contributed by atoms with van der Waals surface area (Å²) in [7, 11) is 1.35. The molecule has 140 valence electrons. The second kappa shape index (κ2) is 8.13. The van der Waals surface area contributed by atoms with Gasteiger partial charge >= 0.3 is 11.9 Å². The van der Waals surface area contributed by atoms with E-state index < -0.39 is 5.97 Å². The van der Waals surface area contributed by atoms with Crippen LogP contribution in [0.1, 0.15) is 38.9 Å². The zero-order valence-electron chi connectivity index (χ0n) is 15.2. The average Bonchev–Trinajstić information content (AvgIpc) is 3.03. The first-order valence-electron chi connectivity index (χ1n) is 8.41. The number of hydrogen-bond acceptors (Lipinski definition) is 8. The summed E-state index contributed by atoms with van der Waals surface area (Å²) < 4.78 is 10.0. The molecule has 0 saturated heterocycles. The maximum Gasteiger partial charge on any atom is 0.348 e. The van der Waals surface area contributed by atoms with E-state index in [9.17, 15) is 9.59 Å². The van der Waals surface area contributed by atoms with Gasteiger partial charge in [0.05, 0.1) is 24.7 Å². The highest BCUT2D eigenvalue weighted by Crippen LogP contribution is 2.34. The Balaban J connectivity index is 1.94. The lowest BCUT2D eigenvalue weighted by atomic mass is 10.1. The van der Waals surface area contributed by atoms with E-state index >= 15 is 0 Å². The zero-order valence-corrected chi connectivity index (χ0v) is 16.1. The molecule has 1 aromatic carbocycles. The van der Waals surface area contributed by atoms with Crippen molar-refractivity contribution in [2.45, 2.75) is 20.3 Å². The first kappa shape index (κ1) is 18.8.